The number of hydrogen-bond donors (Lipinski definition) is 4. The molecule has 0 unspecified atom stereocenters. The molecule has 39 heavy (non-hydrogen) atoms. The summed E-state index contributed by atoms with van der Waals surface area (Å²) in [7, 11) is -3.94. The Kier molecular flexibility index (Phi) is 7.96. The number of alkyl carbamates (subject to hydrolysis) is 1. The van der Waals surface area contributed by atoms with Gasteiger partial charge in [-0.2, -0.15) is 0 Å². The number of ether oxygens (including phenoxy) is 1. The molecule has 0 radical (unpaired) electrons. The number of aliphatic hydroxyl groups excluding tert-OH is 1. The van der Waals surface area contributed by atoms with Crippen molar-refractivity contribution in [2.45, 2.75) is 108 Å². The van der Waals surface area contributed by atoms with Crippen LogP contribution in [0.4, 0.5) is 4.79 Å². The maximum Gasteiger partial charge on any atom is 0.408 e. The second-order valence-electron chi connectivity index (χ2n) is 13.2. The predicted octanol–water partition coefficient (Wildman–Crippen LogP) is 0.947. The van der Waals surface area contributed by atoms with Crippen molar-refractivity contribution in [3.05, 3.63) is 12.7 Å². The molecule has 3 fully saturated rings. The Morgan fingerprint density at radius 3 is 2.18 bits per heavy atom. The second-order valence-corrected chi connectivity index (χ2v) is 15.4. The minimum Gasteiger partial charge on any atom is -0.444 e. The summed E-state index contributed by atoms with van der Waals surface area (Å²) < 4.78 is 31.7. The minimum absolute atomic E-state index is 0.0896. The van der Waals surface area contributed by atoms with Gasteiger partial charge in [0, 0.05) is 18.9 Å². The normalized spacial score (nSPS) is 28.6. The van der Waals surface area contributed by atoms with Gasteiger partial charge in [-0.1, -0.05) is 26.8 Å². The number of sulfonamides is 1. The summed E-state index contributed by atoms with van der Waals surface area (Å²) in [4.78, 5) is 54.0. The molecule has 12 nitrogen and oxygen atoms in total. The lowest BCUT2D eigenvalue weighted by Crippen LogP contribution is -2.60. The Labute approximate surface area is 230 Å². The molecule has 1 heterocycles. The standard InChI is InChI=1S/C26H42N4O8S/c1-9-15-13-26(15,21(34)29-39(36,37)25(8)10-11-25)28-19(32)17-12-16(31)14-30(17)20(33)18(23(2,3)4)27-22(35)38-24(5,6)7/h9,15-18,31H,1,10-14H2,2-8H3,(H,27,35)(H,28,32)(H,29,34)/t15-,16-,17+,18-,26-/m1/s1. The maximum absolute atomic E-state index is 13.7. The zero-order chi connectivity index (χ0) is 29.8. The van der Waals surface area contributed by atoms with Crippen molar-refractivity contribution in [1.82, 2.24) is 20.3 Å². The summed E-state index contributed by atoms with van der Waals surface area (Å²) in [5.41, 5.74) is -3.11. The predicted molar refractivity (Wildman–Crippen MR) is 143 cm³/mol. The summed E-state index contributed by atoms with van der Waals surface area (Å²) in [6.45, 7) is 15.4. The lowest BCUT2D eigenvalue weighted by atomic mass is 9.85. The van der Waals surface area contributed by atoms with Crippen LogP contribution in [-0.4, -0.2) is 82.9 Å². The summed E-state index contributed by atoms with van der Waals surface area (Å²) >= 11 is 0. The molecule has 4 N–H and O–H groups in total. The number of aliphatic hydroxyl groups is 1. The minimum atomic E-state index is -3.94. The number of hydrogen-bond acceptors (Lipinski definition) is 8. The van der Waals surface area contributed by atoms with E-state index in [2.05, 4.69) is 21.9 Å². The molecule has 0 bridgehead atoms. The van der Waals surface area contributed by atoms with E-state index in [4.69, 9.17) is 4.74 Å². The first kappa shape index (κ1) is 30.9. The molecule has 0 spiro atoms. The van der Waals surface area contributed by atoms with Crippen molar-refractivity contribution in [3.8, 4) is 0 Å². The smallest absolute Gasteiger partial charge is 0.408 e. The molecule has 1 saturated heterocycles. The third kappa shape index (κ3) is 6.56. The second kappa shape index (κ2) is 10.1. The molecule has 13 heteroatoms. The molecule has 3 rings (SSSR count). The van der Waals surface area contributed by atoms with Crippen LogP contribution in [-0.2, 0) is 29.1 Å². The van der Waals surface area contributed by atoms with Crippen LogP contribution < -0.4 is 15.4 Å². The molecule has 0 aromatic rings. The maximum atomic E-state index is 13.7. The molecule has 2 saturated carbocycles. The Morgan fingerprint density at radius 1 is 1.13 bits per heavy atom. The first-order valence-electron chi connectivity index (χ1n) is 13.2. The van der Waals surface area contributed by atoms with Crippen LogP contribution in [0.2, 0.25) is 0 Å². The molecule has 0 aromatic carbocycles. The average molecular weight is 571 g/mol. The van der Waals surface area contributed by atoms with Crippen LogP contribution in [0.3, 0.4) is 0 Å². The van der Waals surface area contributed by atoms with Crippen molar-refractivity contribution in [2.75, 3.05) is 6.54 Å². The quantitative estimate of drug-likeness (QED) is 0.312. The molecule has 3 aliphatic rings. The Balaban J connectivity index is 1.80. The molecule has 5 atom stereocenters. The molecule has 220 valence electrons. The van der Waals surface area contributed by atoms with Crippen LogP contribution in [0, 0.1) is 11.3 Å². The zero-order valence-electron chi connectivity index (χ0n) is 23.8. The first-order chi connectivity index (χ1) is 17.7. The first-order valence-corrected chi connectivity index (χ1v) is 14.6. The summed E-state index contributed by atoms with van der Waals surface area (Å²) in [5, 5.41) is 15.6. The van der Waals surface area contributed by atoms with Crippen LogP contribution in [0.1, 0.15) is 74.1 Å². The lowest BCUT2D eigenvalue weighted by molar-refractivity contribution is -0.143. The third-order valence-corrected chi connectivity index (χ3v) is 9.68. The fourth-order valence-corrected chi connectivity index (χ4v) is 5.98. The van der Waals surface area contributed by atoms with E-state index < -0.39 is 79.2 Å². The highest BCUT2D eigenvalue weighted by Crippen LogP contribution is 2.47. The highest BCUT2D eigenvalue weighted by molar-refractivity contribution is 7.91. The van der Waals surface area contributed by atoms with Gasteiger partial charge in [-0.15, -0.1) is 6.58 Å². The van der Waals surface area contributed by atoms with Gasteiger partial charge in [0.2, 0.25) is 21.8 Å². The van der Waals surface area contributed by atoms with E-state index in [0.717, 1.165) is 0 Å². The van der Waals surface area contributed by atoms with Crippen molar-refractivity contribution in [2.24, 2.45) is 11.3 Å². The Hall–Kier alpha value is -2.67. The molecule has 0 aromatic heterocycles. The van der Waals surface area contributed by atoms with Crippen LogP contribution in [0.15, 0.2) is 12.7 Å². The van der Waals surface area contributed by atoms with E-state index in [1.165, 1.54) is 11.0 Å². The van der Waals surface area contributed by atoms with Gasteiger partial charge in [0.15, 0.2) is 0 Å². The Morgan fingerprint density at radius 2 is 1.72 bits per heavy atom. The largest absolute Gasteiger partial charge is 0.444 e. The average Bonchev–Trinajstić information content (AvgIpc) is 3.65. The van der Waals surface area contributed by atoms with Crippen molar-refractivity contribution >= 4 is 33.8 Å². The number of likely N-dealkylation sites (tertiary alicyclic amines) is 1. The number of amides is 4. The van der Waals surface area contributed by atoms with Crippen LogP contribution in [0.5, 0.6) is 0 Å². The molecule has 1 aliphatic heterocycles. The molecule has 4 amide bonds. The van der Waals surface area contributed by atoms with Gasteiger partial charge in [-0.05, 0) is 52.4 Å². The van der Waals surface area contributed by atoms with Gasteiger partial charge in [-0.3, -0.25) is 19.1 Å². The molecule has 2 aliphatic carbocycles. The summed E-state index contributed by atoms with van der Waals surface area (Å²) in [6, 6.07) is -2.23. The highest BCUT2D eigenvalue weighted by atomic mass is 32.2. The van der Waals surface area contributed by atoms with E-state index in [9.17, 15) is 32.7 Å². The number of carbonyl (C=O) groups excluding carboxylic acids is 4. The van der Waals surface area contributed by atoms with Crippen LogP contribution in [0.25, 0.3) is 0 Å². The van der Waals surface area contributed by atoms with E-state index in [-0.39, 0.29) is 19.4 Å². The van der Waals surface area contributed by atoms with Crippen molar-refractivity contribution < 1.29 is 37.4 Å². The van der Waals surface area contributed by atoms with Crippen molar-refractivity contribution in [3.63, 3.8) is 0 Å². The number of carbonyl (C=O) groups is 4. The third-order valence-electron chi connectivity index (χ3n) is 7.52. The molecular formula is C26H42N4O8S. The SMILES string of the molecule is C=C[C@@H]1C[C@]1(NC(=O)[C@@H]1C[C@@H](O)CN1C(=O)[C@@H](NC(=O)OC(C)(C)C)C(C)(C)C)C(=O)NS(=O)(=O)C1(C)CC1. The highest BCUT2D eigenvalue weighted by Gasteiger charge is 2.63. The number of rotatable bonds is 8. The van der Waals surface area contributed by atoms with Crippen molar-refractivity contribution in [1.29, 1.82) is 0 Å². The Bertz CT molecular complexity index is 1150. The van der Waals surface area contributed by atoms with Gasteiger partial charge in [0.25, 0.3) is 5.91 Å². The topological polar surface area (TPSA) is 171 Å². The molecular weight excluding hydrogens is 528 g/mol. The van der Waals surface area contributed by atoms with Gasteiger partial charge in [-0.25, -0.2) is 13.2 Å². The van der Waals surface area contributed by atoms with E-state index in [1.54, 1.807) is 48.5 Å². The number of nitrogens with one attached hydrogen (secondary N) is 3. The summed E-state index contributed by atoms with van der Waals surface area (Å²) in [5.74, 6) is -2.66. The zero-order valence-corrected chi connectivity index (χ0v) is 24.6. The van der Waals surface area contributed by atoms with Gasteiger partial charge in [0.05, 0.1) is 10.9 Å². The fourth-order valence-electron chi connectivity index (χ4n) is 4.66. The van der Waals surface area contributed by atoms with E-state index >= 15 is 0 Å². The summed E-state index contributed by atoms with van der Waals surface area (Å²) in [6.07, 6.45) is 0.581. The van der Waals surface area contributed by atoms with Gasteiger partial charge >= 0.3 is 6.09 Å². The van der Waals surface area contributed by atoms with E-state index in [0.29, 0.717) is 12.8 Å². The number of β-amino-alcohol motifs (C(OH)–C–C–N with tert-alkyl or cyclic N) is 1. The van der Waals surface area contributed by atoms with Gasteiger partial charge < -0.3 is 25.4 Å². The van der Waals surface area contributed by atoms with E-state index in [1.807, 2.05) is 0 Å². The van der Waals surface area contributed by atoms with Gasteiger partial charge in [0.1, 0.15) is 23.2 Å². The van der Waals surface area contributed by atoms with Crippen LogP contribution >= 0.6 is 0 Å². The lowest BCUT2D eigenvalue weighted by Gasteiger charge is -2.36. The monoisotopic (exact) mass is 570 g/mol. The number of nitrogens with zero attached hydrogens (tertiary/aromatic N) is 1. The fraction of sp³-hybridized carbons (Fsp3) is 0.769.